The van der Waals surface area contributed by atoms with Gasteiger partial charge >= 0.3 is 0 Å². The van der Waals surface area contributed by atoms with E-state index in [4.69, 9.17) is 12.2 Å². The number of benzene rings is 2. The van der Waals surface area contributed by atoms with Gasteiger partial charge in [0, 0.05) is 29.8 Å². The Kier molecular flexibility index (Phi) is 5.50. The van der Waals surface area contributed by atoms with Crippen LogP contribution in [0.4, 0.5) is 0 Å². The van der Waals surface area contributed by atoms with Gasteiger partial charge in [-0.05, 0) is 67.5 Å². The Bertz CT molecular complexity index is 1220. The first-order valence-electron chi connectivity index (χ1n) is 10.9. The van der Waals surface area contributed by atoms with E-state index in [1.54, 1.807) is 0 Å². The predicted octanol–water partition coefficient (Wildman–Crippen LogP) is 5.66. The Hall–Kier alpha value is -3.44. The van der Waals surface area contributed by atoms with Crippen molar-refractivity contribution in [3.63, 3.8) is 0 Å². The van der Waals surface area contributed by atoms with Crippen LogP contribution in [-0.2, 0) is 6.54 Å². The largest absolute Gasteiger partial charge is 0.352 e. The topological polar surface area (TPSA) is 33.1 Å². The van der Waals surface area contributed by atoms with Crippen molar-refractivity contribution < 1.29 is 0 Å². The van der Waals surface area contributed by atoms with Gasteiger partial charge < -0.3 is 14.8 Å². The second kappa shape index (κ2) is 8.60. The number of thiocarbonyl (C=S) groups is 1. The highest BCUT2D eigenvalue weighted by molar-refractivity contribution is 7.80. The lowest BCUT2D eigenvalue weighted by Crippen LogP contribution is -2.29. The van der Waals surface area contributed by atoms with Crippen LogP contribution in [0.2, 0.25) is 0 Å². The molecular weight excluding hydrogens is 412 g/mol. The molecule has 3 heterocycles. The molecule has 160 valence electrons. The number of para-hydroxylation sites is 1. The Labute approximate surface area is 194 Å². The molecule has 0 spiro atoms. The van der Waals surface area contributed by atoms with Crippen LogP contribution in [0.25, 0.3) is 5.69 Å². The van der Waals surface area contributed by atoms with E-state index in [0.29, 0.717) is 0 Å². The molecule has 5 rings (SSSR count). The zero-order valence-electron chi connectivity index (χ0n) is 18.3. The molecule has 5 heteroatoms. The van der Waals surface area contributed by atoms with Gasteiger partial charge in [-0.3, -0.25) is 4.98 Å². The van der Waals surface area contributed by atoms with Crippen LogP contribution in [0.1, 0.15) is 40.3 Å². The number of aromatic nitrogens is 2. The first-order valence-corrected chi connectivity index (χ1v) is 11.3. The second-order valence-electron chi connectivity index (χ2n) is 8.24. The van der Waals surface area contributed by atoms with Crippen LogP contribution in [0.5, 0.6) is 0 Å². The number of aryl methyl sites for hydroxylation is 1. The maximum Gasteiger partial charge on any atom is 0.170 e. The molecule has 4 aromatic rings. The molecule has 1 aliphatic heterocycles. The van der Waals surface area contributed by atoms with Crippen LogP contribution in [0, 0.1) is 13.8 Å². The third kappa shape index (κ3) is 3.69. The lowest BCUT2D eigenvalue weighted by molar-refractivity contribution is 0.310. The number of nitrogens with zero attached hydrogens (tertiary/aromatic N) is 3. The van der Waals surface area contributed by atoms with Crippen molar-refractivity contribution in [2.45, 2.75) is 32.5 Å². The minimum atomic E-state index is -0.0165. The summed E-state index contributed by atoms with van der Waals surface area (Å²) in [6, 6.07) is 29.4. The molecule has 1 N–H and O–H groups in total. The van der Waals surface area contributed by atoms with Gasteiger partial charge in [-0.2, -0.15) is 0 Å². The van der Waals surface area contributed by atoms with Crippen LogP contribution in [0.15, 0.2) is 91.1 Å². The highest BCUT2D eigenvalue weighted by Gasteiger charge is 2.41. The highest BCUT2D eigenvalue weighted by Crippen LogP contribution is 2.42. The maximum atomic E-state index is 5.85. The molecule has 0 saturated carbocycles. The summed E-state index contributed by atoms with van der Waals surface area (Å²) in [6.07, 6.45) is 1.85. The number of hydrogen-bond acceptors (Lipinski definition) is 2. The predicted molar refractivity (Wildman–Crippen MR) is 133 cm³/mol. The fourth-order valence-electron chi connectivity index (χ4n) is 4.76. The molecule has 0 radical (unpaired) electrons. The quantitative estimate of drug-likeness (QED) is 0.408. The molecule has 1 aliphatic rings. The van der Waals surface area contributed by atoms with Crippen molar-refractivity contribution >= 4 is 17.3 Å². The average molecular weight is 439 g/mol. The molecule has 0 aliphatic carbocycles. The van der Waals surface area contributed by atoms with Gasteiger partial charge in [0.1, 0.15) is 0 Å². The van der Waals surface area contributed by atoms with E-state index in [-0.39, 0.29) is 12.1 Å². The van der Waals surface area contributed by atoms with Gasteiger partial charge in [0.15, 0.2) is 5.11 Å². The second-order valence-corrected chi connectivity index (χ2v) is 8.62. The molecule has 0 amide bonds. The summed E-state index contributed by atoms with van der Waals surface area (Å²) in [4.78, 5) is 6.98. The average Bonchev–Trinajstić information content (AvgIpc) is 3.30. The summed E-state index contributed by atoms with van der Waals surface area (Å²) in [7, 11) is 0. The zero-order chi connectivity index (χ0) is 22.1. The van der Waals surface area contributed by atoms with E-state index in [1.165, 1.54) is 28.2 Å². The Morgan fingerprint density at radius 2 is 1.59 bits per heavy atom. The monoisotopic (exact) mass is 438 g/mol. The van der Waals surface area contributed by atoms with Crippen LogP contribution in [0.3, 0.4) is 0 Å². The standard InChI is InChI=1S/C27H26N4S/c1-19-17-23(20(2)31(19)22-13-7-4-8-14-22)26-25(24-15-9-10-16-28-24)29-27(32)30(26)18-21-11-5-3-6-12-21/h3-17,25-26H,18H2,1-2H3,(H,29,32). The van der Waals surface area contributed by atoms with Crippen molar-refractivity contribution in [1.82, 2.24) is 19.8 Å². The van der Waals surface area contributed by atoms with Crippen molar-refractivity contribution in [3.05, 3.63) is 119 Å². The molecule has 1 fully saturated rings. The van der Waals surface area contributed by atoms with Crippen molar-refractivity contribution in [2.75, 3.05) is 0 Å². The molecule has 2 unspecified atom stereocenters. The third-order valence-corrected chi connectivity index (χ3v) is 6.55. The first-order chi connectivity index (χ1) is 15.6. The van der Waals surface area contributed by atoms with Gasteiger partial charge in [-0.25, -0.2) is 0 Å². The fourth-order valence-corrected chi connectivity index (χ4v) is 5.06. The summed E-state index contributed by atoms with van der Waals surface area (Å²) in [5.74, 6) is 0. The number of hydrogen-bond donors (Lipinski definition) is 1. The lowest BCUT2D eigenvalue weighted by Gasteiger charge is -2.28. The van der Waals surface area contributed by atoms with Crippen molar-refractivity contribution in [2.24, 2.45) is 0 Å². The van der Waals surface area contributed by atoms with Crippen LogP contribution < -0.4 is 5.32 Å². The minimum Gasteiger partial charge on any atom is -0.352 e. The summed E-state index contributed by atoms with van der Waals surface area (Å²) in [5.41, 5.74) is 7.11. The molecule has 32 heavy (non-hydrogen) atoms. The van der Waals surface area contributed by atoms with E-state index in [9.17, 15) is 0 Å². The Balaban J connectivity index is 1.62. The van der Waals surface area contributed by atoms with E-state index in [1.807, 2.05) is 24.4 Å². The Morgan fingerprint density at radius 1 is 0.906 bits per heavy atom. The normalized spacial score (nSPS) is 18.1. The highest BCUT2D eigenvalue weighted by atomic mass is 32.1. The van der Waals surface area contributed by atoms with Gasteiger partial charge in [0.25, 0.3) is 0 Å². The third-order valence-electron chi connectivity index (χ3n) is 6.20. The van der Waals surface area contributed by atoms with Crippen molar-refractivity contribution in [1.29, 1.82) is 0 Å². The molecule has 0 bridgehead atoms. The molecule has 1 saturated heterocycles. The molecule has 2 aromatic carbocycles. The molecule has 2 atom stereocenters. The SMILES string of the molecule is Cc1cc(C2C(c3ccccn3)NC(=S)N2Cc2ccccc2)c(C)n1-c1ccccc1. The van der Waals surface area contributed by atoms with Crippen LogP contribution >= 0.6 is 12.2 Å². The van der Waals surface area contributed by atoms with E-state index < -0.39 is 0 Å². The molecule has 2 aromatic heterocycles. The van der Waals surface area contributed by atoms with Gasteiger partial charge in [0.2, 0.25) is 0 Å². The Morgan fingerprint density at radius 3 is 2.28 bits per heavy atom. The lowest BCUT2D eigenvalue weighted by atomic mass is 9.96. The molecular formula is C27H26N4S. The van der Waals surface area contributed by atoms with Crippen LogP contribution in [-0.4, -0.2) is 19.6 Å². The first kappa shape index (κ1) is 20.5. The van der Waals surface area contributed by atoms with E-state index >= 15 is 0 Å². The van der Waals surface area contributed by atoms with Gasteiger partial charge in [0.05, 0.1) is 17.8 Å². The van der Waals surface area contributed by atoms with Crippen molar-refractivity contribution in [3.8, 4) is 5.69 Å². The smallest absolute Gasteiger partial charge is 0.170 e. The minimum absolute atomic E-state index is 0.0165. The summed E-state index contributed by atoms with van der Waals surface area (Å²) >= 11 is 5.85. The van der Waals surface area contributed by atoms with Gasteiger partial charge in [-0.15, -0.1) is 0 Å². The van der Waals surface area contributed by atoms with E-state index in [2.05, 4.69) is 100 Å². The van der Waals surface area contributed by atoms with Gasteiger partial charge in [-0.1, -0.05) is 54.6 Å². The zero-order valence-corrected chi connectivity index (χ0v) is 19.1. The summed E-state index contributed by atoms with van der Waals surface area (Å²) in [6.45, 7) is 5.12. The fraction of sp³-hybridized carbons (Fsp3) is 0.185. The number of rotatable bonds is 5. The summed E-state index contributed by atoms with van der Waals surface area (Å²) < 4.78 is 2.33. The summed E-state index contributed by atoms with van der Waals surface area (Å²) in [5, 5.41) is 4.33. The molecule has 4 nitrogen and oxygen atoms in total. The number of pyridine rings is 1. The van der Waals surface area contributed by atoms with E-state index in [0.717, 1.165) is 17.4 Å². The number of nitrogens with one attached hydrogen (secondary N) is 1. The maximum absolute atomic E-state index is 5.85.